The number of carbonyl (C=O) groups is 1. The Morgan fingerprint density at radius 1 is 1.47 bits per heavy atom. The minimum absolute atomic E-state index is 0.0566. The highest BCUT2D eigenvalue weighted by Crippen LogP contribution is 2.32. The second kappa shape index (κ2) is 5.12. The molecule has 96 valence electrons. The molecule has 0 aliphatic carbocycles. The van der Waals surface area contributed by atoms with E-state index in [1.807, 2.05) is 6.07 Å². The number of aromatic amines is 1. The Hall–Kier alpha value is -2.32. The van der Waals surface area contributed by atoms with Gasteiger partial charge in [-0.1, -0.05) is 11.6 Å². The van der Waals surface area contributed by atoms with Crippen molar-refractivity contribution in [3.63, 3.8) is 0 Å². The summed E-state index contributed by atoms with van der Waals surface area (Å²) in [5.74, 6) is -1.33. The fraction of sp³-hybridized carbons (Fsp3) is 0.0769. The molecule has 1 aromatic carbocycles. The molecule has 0 fully saturated rings. The summed E-state index contributed by atoms with van der Waals surface area (Å²) in [6.07, 6.45) is 1.51. The monoisotopic (exact) mass is 278 g/mol. The predicted molar refractivity (Wildman–Crippen MR) is 67.3 cm³/mol. The number of hydrogen-bond donors (Lipinski definition) is 1. The molecule has 19 heavy (non-hydrogen) atoms. The lowest BCUT2D eigenvalue weighted by Gasteiger charge is -2.07. The summed E-state index contributed by atoms with van der Waals surface area (Å²) in [4.78, 5) is 14.2. The maximum absolute atomic E-state index is 13.5. The number of hydrogen-bond acceptors (Lipinski definition) is 3. The van der Waals surface area contributed by atoms with Crippen molar-refractivity contribution in [3.05, 3.63) is 46.5 Å². The molecule has 0 aliphatic rings. The zero-order valence-corrected chi connectivity index (χ0v) is 10.6. The number of rotatable bonds is 2. The van der Waals surface area contributed by atoms with Gasteiger partial charge in [-0.15, -0.1) is 0 Å². The molecule has 0 radical (unpaired) electrons. The van der Waals surface area contributed by atoms with Crippen molar-refractivity contribution in [1.82, 2.24) is 4.98 Å². The molecule has 1 N–H and O–H groups in total. The van der Waals surface area contributed by atoms with E-state index in [9.17, 15) is 9.18 Å². The van der Waals surface area contributed by atoms with Gasteiger partial charge in [-0.2, -0.15) is 5.26 Å². The molecule has 2 aromatic rings. The highest BCUT2D eigenvalue weighted by atomic mass is 35.5. The van der Waals surface area contributed by atoms with Crippen LogP contribution in [0.5, 0.6) is 0 Å². The molecule has 0 atom stereocenters. The molecule has 0 bridgehead atoms. The minimum atomic E-state index is -0.721. The SMILES string of the molecule is COC(=O)c1cc(F)cc(-c2c[nH]c(C#N)c2)c1Cl. The Bertz CT molecular complexity index is 688. The molecule has 0 saturated carbocycles. The quantitative estimate of drug-likeness (QED) is 0.858. The maximum Gasteiger partial charge on any atom is 0.339 e. The van der Waals surface area contributed by atoms with Gasteiger partial charge in [-0.25, -0.2) is 9.18 Å². The average Bonchev–Trinajstić information content (AvgIpc) is 2.88. The molecule has 4 nitrogen and oxygen atoms in total. The number of nitrogens with zero attached hydrogens (tertiary/aromatic N) is 1. The summed E-state index contributed by atoms with van der Waals surface area (Å²) < 4.78 is 18.1. The molecule has 0 unspecified atom stereocenters. The molecule has 0 amide bonds. The minimum Gasteiger partial charge on any atom is -0.465 e. The summed E-state index contributed by atoms with van der Waals surface area (Å²) in [7, 11) is 1.19. The predicted octanol–water partition coefficient (Wildman–Crippen LogP) is 3.13. The third-order valence-corrected chi connectivity index (χ3v) is 2.96. The highest BCUT2D eigenvalue weighted by Gasteiger charge is 2.18. The van der Waals surface area contributed by atoms with Crippen LogP contribution in [0.25, 0.3) is 11.1 Å². The lowest BCUT2D eigenvalue weighted by molar-refractivity contribution is 0.0600. The molecule has 0 aliphatic heterocycles. The standard InChI is InChI=1S/C13H8ClFN2O2/c1-19-13(18)11-4-8(15)3-10(12(11)14)7-2-9(5-16)17-6-7/h2-4,6,17H,1H3. The van der Waals surface area contributed by atoms with E-state index in [2.05, 4.69) is 9.72 Å². The number of nitrogens with one attached hydrogen (secondary N) is 1. The second-order valence-electron chi connectivity index (χ2n) is 3.72. The van der Waals surface area contributed by atoms with Gasteiger partial charge in [0.2, 0.25) is 0 Å². The second-order valence-corrected chi connectivity index (χ2v) is 4.10. The van der Waals surface area contributed by atoms with Crippen molar-refractivity contribution in [2.45, 2.75) is 0 Å². The van der Waals surface area contributed by atoms with Gasteiger partial charge in [-0.3, -0.25) is 0 Å². The van der Waals surface area contributed by atoms with Crippen LogP contribution in [0.3, 0.4) is 0 Å². The summed E-state index contributed by atoms with van der Waals surface area (Å²) >= 11 is 6.08. The molecule has 1 aromatic heterocycles. The van der Waals surface area contributed by atoms with E-state index < -0.39 is 11.8 Å². The van der Waals surface area contributed by atoms with Crippen LogP contribution in [0.15, 0.2) is 24.4 Å². The van der Waals surface area contributed by atoms with Gasteiger partial charge in [0, 0.05) is 17.3 Å². The van der Waals surface area contributed by atoms with Crippen molar-refractivity contribution < 1.29 is 13.9 Å². The first-order valence-corrected chi connectivity index (χ1v) is 5.61. The van der Waals surface area contributed by atoms with Gasteiger partial charge in [0.25, 0.3) is 0 Å². The van der Waals surface area contributed by atoms with Crippen LogP contribution in [0, 0.1) is 17.1 Å². The number of methoxy groups -OCH3 is 1. The summed E-state index contributed by atoms with van der Waals surface area (Å²) in [6.45, 7) is 0. The van der Waals surface area contributed by atoms with Crippen LogP contribution >= 0.6 is 11.6 Å². The van der Waals surface area contributed by atoms with Crippen molar-refractivity contribution in [2.24, 2.45) is 0 Å². The molecular weight excluding hydrogens is 271 g/mol. The highest BCUT2D eigenvalue weighted by molar-refractivity contribution is 6.36. The van der Waals surface area contributed by atoms with Crippen molar-refractivity contribution in [1.29, 1.82) is 5.26 Å². The molecule has 6 heteroatoms. The van der Waals surface area contributed by atoms with Crippen LogP contribution in [0.4, 0.5) is 4.39 Å². The molecular formula is C13H8ClFN2O2. The van der Waals surface area contributed by atoms with Gasteiger partial charge in [-0.05, 0) is 18.2 Å². The van der Waals surface area contributed by atoms with Crippen LogP contribution < -0.4 is 0 Å². The number of halogens is 2. The van der Waals surface area contributed by atoms with E-state index >= 15 is 0 Å². The largest absolute Gasteiger partial charge is 0.465 e. The van der Waals surface area contributed by atoms with Crippen LogP contribution in [-0.4, -0.2) is 18.1 Å². The number of carbonyl (C=O) groups excluding carboxylic acids is 1. The smallest absolute Gasteiger partial charge is 0.339 e. The fourth-order valence-electron chi connectivity index (χ4n) is 1.67. The molecule has 2 rings (SSSR count). The summed E-state index contributed by atoms with van der Waals surface area (Å²) in [5, 5.41) is 8.82. The number of aromatic nitrogens is 1. The van der Waals surface area contributed by atoms with Crippen molar-refractivity contribution in [2.75, 3.05) is 7.11 Å². The van der Waals surface area contributed by atoms with Crippen LogP contribution in [0.1, 0.15) is 16.1 Å². The first-order chi connectivity index (χ1) is 9.06. The van der Waals surface area contributed by atoms with Gasteiger partial charge in [0.05, 0.1) is 17.7 Å². The van der Waals surface area contributed by atoms with E-state index in [0.717, 1.165) is 6.07 Å². The maximum atomic E-state index is 13.5. The Balaban J connectivity index is 2.61. The first kappa shape index (κ1) is 13.1. The zero-order chi connectivity index (χ0) is 14.0. The number of benzene rings is 1. The Kier molecular flexibility index (Phi) is 3.54. The van der Waals surface area contributed by atoms with E-state index in [0.29, 0.717) is 16.8 Å². The third kappa shape index (κ3) is 2.44. The van der Waals surface area contributed by atoms with Crippen LogP contribution in [0.2, 0.25) is 5.02 Å². The fourth-order valence-corrected chi connectivity index (χ4v) is 1.97. The molecule has 0 spiro atoms. The summed E-state index contributed by atoms with van der Waals surface area (Å²) in [5.41, 5.74) is 1.10. The van der Waals surface area contributed by atoms with Crippen molar-refractivity contribution >= 4 is 17.6 Å². The topological polar surface area (TPSA) is 65.9 Å². The van der Waals surface area contributed by atoms with E-state index in [1.54, 1.807) is 0 Å². The number of nitriles is 1. The Morgan fingerprint density at radius 2 is 2.21 bits per heavy atom. The van der Waals surface area contributed by atoms with Gasteiger partial charge in [0.15, 0.2) is 0 Å². The van der Waals surface area contributed by atoms with Crippen molar-refractivity contribution in [3.8, 4) is 17.2 Å². The Morgan fingerprint density at radius 3 is 2.79 bits per heavy atom. The molecule has 1 heterocycles. The lowest BCUT2D eigenvalue weighted by atomic mass is 10.0. The normalized spacial score (nSPS) is 10.0. The van der Waals surface area contributed by atoms with E-state index in [1.165, 1.54) is 25.4 Å². The Labute approximate surface area is 113 Å². The number of esters is 1. The van der Waals surface area contributed by atoms with Gasteiger partial charge in [0.1, 0.15) is 17.6 Å². The van der Waals surface area contributed by atoms with Gasteiger partial charge < -0.3 is 9.72 Å². The van der Waals surface area contributed by atoms with Gasteiger partial charge >= 0.3 is 5.97 Å². The lowest BCUT2D eigenvalue weighted by Crippen LogP contribution is -2.03. The van der Waals surface area contributed by atoms with E-state index in [-0.39, 0.29) is 10.6 Å². The molecule has 0 saturated heterocycles. The number of H-pyrrole nitrogens is 1. The van der Waals surface area contributed by atoms with E-state index in [4.69, 9.17) is 16.9 Å². The number of ether oxygens (including phenoxy) is 1. The third-order valence-electron chi connectivity index (χ3n) is 2.56. The zero-order valence-electron chi connectivity index (χ0n) is 9.83. The first-order valence-electron chi connectivity index (χ1n) is 5.23. The summed E-state index contributed by atoms with van der Waals surface area (Å²) in [6, 6.07) is 5.63. The van der Waals surface area contributed by atoms with Crippen LogP contribution in [-0.2, 0) is 4.74 Å². The average molecular weight is 279 g/mol.